The van der Waals surface area contributed by atoms with Crippen LogP contribution in [0.25, 0.3) is 5.73 Å². The average Bonchev–Trinajstić information content (AvgIpc) is 1.63. The van der Waals surface area contributed by atoms with E-state index in [1.165, 1.54) is 0 Å². The second-order valence-corrected chi connectivity index (χ2v) is 1.49. The predicted octanol–water partition coefficient (Wildman–Crippen LogP) is -0.0360. The number of carbonyl (C=O) groups is 2. The van der Waals surface area contributed by atoms with Crippen LogP contribution in [0.4, 0.5) is 0 Å². The molecule has 62 valence electrons. The van der Waals surface area contributed by atoms with Gasteiger partial charge in [-0.15, -0.1) is 0 Å². The van der Waals surface area contributed by atoms with Crippen LogP contribution in [0.15, 0.2) is 0 Å². The standard InChI is InChI=1S/C4H6NO4.U.W/c5-2(4(8)9)1-3(6)7;;/h2,5H,1H2,(H,6,7)(H,8,9);;/q-1;;. The smallest absolute Gasteiger partial charge is 0.302 e. The molecule has 0 aromatic heterocycles. The van der Waals surface area contributed by atoms with Gasteiger partial charge in [-0.05, 0) is 6.04 Å². The summed E-state index contributed by atoms with van der Waals surface area (Å²) in [4.78, 5) is 19.5. The maximum atomic E-state index is 9.78. The molecule has 0 aliphatic heterocycles. The number of nitrogens with one attached hydrogen (secondary N) is 1. The van der Waals surface area contributed by atoms with Crippen LogP contribution < -0.4 is 0 Å². The van der Waals surface area contributed by atoms with Crippen molar-refractivity contribution in [2.75, 3.05) is 0 Å². The van der Waals surface area contributed by atoms with E-state index in [1.807, 2.05) is 0 Å². The van der Waals surface area contributed by atoms with Crippen LogP contribution in [0.3, 0.4) is 0 Å². The molecular formula is C4H6NO4UW-. The number of aliphatic carboxylic acids is 2. The molecule has 5 nitrogen and oxygen atoms in total. The Morgan fingerprint density at radius 3 is 1.82 bits per heavy atom. The molecular weight excluding hydrogens is 548 g/mol. The molecule has 1 unspecified atom stereocenters. The Kier molecular flexibility index (Phi) is 14.0. The van der Waals surface area contributed by atoms with Crippen molar-refractivity contribution < 1.29 is 72.0 Å². The van der Waals surface area contributed by atoms with E-state index in [1.54, 1.807) is 0 Å². The van der Waals surface area contributed by atoms with Crippen molar-refractivity contribution in [2.24, 2.45) is 0 Å². The third-order valence-electron chi connectivity index (χ3n) is 0.677. The summed E-state index contributed by atoms with van der Waals surface area (Å²) in [6, 6.07) is -1.54. The van der Waals surface area contributed by atoms with E-state index in [0.29, 0.717) is 0 Å². The molecule has 0 radical (unpaired) electrons. The first kappa shape index (κ1) is 17.7. The molecule has 0 saturated heterocycles. The summed E-state index contributed by atoms with van der Waals surface area (Å²) in [5.74, 6) is -2.67. The van der Waals surface area contributed by atoms with Gasteiger partial charge in [-0.2, -0.15) is 0 Å². The van der Waals surface area contributed by atoms with E-state index in [0.717, 1.165) is 0 Å². The van der Waals surface area contributed by atoms with Crippen molar-refractivity contribution in [1.82, 2.24) is 0 Å². The number of carboxylic acids is 2. The molecule has 0 aliphatic carbocycles. The maximum absolute atomic E-state index is 9.78. The van der Waals surface area contributed by atoms with Crippen molar-refractivity contribution in [1.29, 1.82) is 0 Å². The van der Waals surface area contributed by atoms with Gasteiger partial charge in [0.1, 0.15) is 0 Å². The molecule has 0 saturated carbocycles. The largest absolute Gasteiger partial charge is 0.665 e. The predicted molar refractivity (Wildman–Crippen MR) is 28.0 cm³/mol. The van der Waals surface area contributed by atoms with Crippen LogP contribution in [0.1, 0.15) is 6.42 Å². The van der Waals surface area contributed by atoms with Crippen LogP contribution in [0.2, 0.25) is 0 Å². The Labute approximate surface area is 101 Å². The molecule has 1 atom stereocenters. The van der Waals surface area contributed by atoms with Gasteiger partial charge in [0.2, 0.25) is 0 Å². The number of rotatable bonds is 3. The zero-order valence-electron chi connectivity index (χ0n) is 5.40. The summed E-state index contributed by atoms with van der Waals surface area (Å²) in [5, 5.41) is 15.9. The Balaban J connectivity index is -0.000000320. The van der Waals surface area contributed by atoms with Crippen molar-refractivity contribution in [3.05, 3.63) is 5.73 Å². The van der Waals surface area contributed by atoms with Gasteiger partial charge >= 0.3 is 5.97 Å². The van der Waals surface area contributed by atoms with E-state index in [4.69, 9.17) is 15.9 Å². The van der Waals surface area contributed by atoms with Gasteiger partial charge in [0, 0.05) is 58.6 Å². The van der Waals surface area contributed by atoms with Gasteiger partial charge in [0.25, 0.3) is 5.97 Å². The molecule has 0 rings (SSSR count). The van der Waals surface area contributed by atoms with E-state index in [2.05, 4.69) is 0 Å². The van der Waals surface area contributed by atoms with Crippen molar-refractivity contribution in [3.63, 3.8) is 0 Å². The van der Waals surface area contributed by atoms with Crippen LogP contribution in [0, 0.1) is 31.1 Å². The first-order valence-electron chi connectivity index (χ1n) is 2.19. The average molecular weight is 554 g/mol. The Morgan fingerprint density at radius 2 is 1.73 bits per heavy atom. The molecule has 0 aliphatic rings. The van der Waals surface area contributed by atoms with Crippen molar-refractivity contribution in [3.8, 4) is 0 Å². The van der Waals surface area contributed by atoms with Crippen LogP contribution in [-0.2, 0) is 30.7 Å². The molecule has 11 heavy (non-hydrogen) atoms. The summed E-state index contributed by atoms with van der Waals surface area (Å²) in [5.41, 5.74) is 6.58. The monoisotopic (exact) mass is 554 g/mol. The van der Waals surface area contributed by atoms with Gasteiger partial charge in [-0.25, -0.2) is 0 Å². The first-order chi connectivity index (χ1) is 4.04. The van der Waals surface area contributed by atoms with Crippen LogP contribution >= 0.6 is 0 Å². The fourth-order valence-electron chi connectivity index (χ4n) is 0.262. The minimum atomic E-state index is -1.54. The Morgan fingerprint density at radius 1 is 1.36 bits per heavy atom. The van der Waals surface area contributed by atoms with E-state index < -0.39 is 24.4 Å². The molecule has 0 heterocycles. The summed E-state index contributed by atoms with van der Waals surface area (Å²) in [7, 11) is 0. The molecule has 0 spiro atoms. The van der Waals surface area contributed by atoms with Gasteiger partial charge in [0.05, 0.1) is 0 Å². The molecule has 3 N–H and O–H groups in total. The normalized spacial score (nSPS) is 10.3. The number of carboxylic acid groups (broad SMARTS) is 2. The quantitative estimate of drug-likeness (QED) is 0.513. The SMILES string of the molecule is [NH-]C(CC(=O)O)C(=O)O.[U].[W]. The minimum absolute atomic E-state index is 0. The van der Waals surface area contributed by atoms with Gasteiger partial charge in [0.15, 0.2) is 0 Å². The second-order valence-electron chi connectivity index (χ2n) is 1.49. The number of hydrogen-bond acceptors (Lipinski definition) is 2. The third kappa shape index (κ3) is 10.6. The second kappa shape index (κ2) is 8.73. The van der Waals surface area contributed by atoms with Gasteiger partial charge in [-0.3, -0.25) is 9.59 Å². The molecule has 0 fully saturated rings. The van der Waals surface area contributed by atoms with Crippen LogP contribution in [0.5, 0.6) is 0 Å². The zero-order valence-corrected chi connectivity index (χ0v) is 12.5. The van der Waals surface area contributed by atoms with Gasteiger partial charge in [-0.1, -0.05) is 0 Å². The fourth-order valence-corrected chi connectivity index (χ4v) is 0.262. The summed E-state index contributed by atoms with van der Waals surface area (Å²) in [6.07, 6.45) is -0.644. The van der Waals surface area contributed by atoms with Gasteiger partial charge < -0.3 is 15.9 Å². The molecule has 0 amide bonds. The Hall–Kier alpha value is 0.640. The van der Waals surface area contributed by atoms with E-state index >= 15 is 0 Å². The van der Waals surface area contributed by atoms with E-state index in [9.17, 15) is 9.59 Å². The summed E-state index contributed by atoms with van der Waals surface area (Å²) >= 11 is 0. The summed E-state index contributed by atoms with van der Waals surface area (Å²) < 4.78 is 0. The third-order valence-corrected chi connectivity index (χ3v) is 0.677. The molecule has 7 heteroatoms. The molecule has 0 aromatic carbocycles. The Bertz CT molecular complexity index is 142. The topological polar surface area (TPSA) is 98.4 Å². The number of hydrogen-bond donors (Lipinski definition) is 2. The van der Waals surface area contributed by atoms with E-state index in [-0.39, 0.29) is 52.2 Å². The zero-order chi connectivity index (χ0) is 7.44. The van der Waals surface area contributed by atoms with Crippen molar-refractivity contribution in [2.45, 2.75) is 12.5 Å². The van der Waals surface area contributed by atoms with Crippen molar-refractivity contribution >= 4 is 11.9 Å². The fraction of sp³-hybridized carbons (Fsp3) is 0.500. The maximum Gasteiger partial charge on any atom is 0.302 e. The summed E-state index contributed by atoms with van der Waals surface area (Å²) in [6.45, 7) is 0. The van der Waals surface area contributed by atoms with Crippen LogP contribution in [-0.4, -0.2) is 28.2 Å². The molecule has 0 aromatic rings. The minimum Gasteiger partial charge on any atom is -0.665 e. The first-order valence-corrected chi connectivity index (χ1v) is 2.19. The molecule has 0 bridgehead atoms.